The fourth-order valence-corrected chi connectivity index (χ4v) is 3.02. The number of nitrogens with one attached hydrogen (secondary N) is 2. The predicted octanol–water partition coefficient (Wildman–Crippen LogP) is 2.62. The first-order valence-electron chi connectivity index (χ1n) is 7.95. The van der Waals surface area contributed by atoms with Crippen molar-refractivity contribution in [3.8, 4) is 5.75 Å². The van der Waals surface area contributed by atoms with E-state index in [1.807, 2.05) is 31.2 Å². The summed E-state index contributed by atoms with van der Waals surface area (Å²) in [6.07, 6.45) is 3.93. The zero-order valence-corrected chi connectivity index (χ0v) is 13.1. The summed E-state index contributed by atoms with van der Waals surface area (Å²) >= 11 is 0. The fraction of sp³-hybridized carbons (Fsp3) is 0.588. The van der Waals surface area contributed by atoms with Crippen LogP contribution in [0.4, 0.5) is 0 Å². The number of ether oxygens (including phenoxy) is 1. The molecule has 1 saturated heterocycles. The van der Waals surface area contributed by atoms with E-state index in [1.54, 1.807) is 0 Å². The molecule has 0 aromatic heterocycles. The molecule has 0 radical (unpaired) electrons. The minimum absolute atomic E-state index is 0.128. The smallest absolute Gasteiger partial charge is 0.240 e. The maximum absolute atomic E-state index is 12.5. The van der Waals surface area contributed by atoms with Crippen LogP contribution < -0.4 is 15.4 Å². The number of amides is 1. The van der Waals surface area contributed by atoms with E-state index in [4.69, 9.17) is 4.74 Å². The highest BCUT2D eigenvalue weighted by molar-refractivity contribution is 5.86. The Bertz CT molecular complexity index is 468. The maximum Gasteiger partial charge on any atom is 0.240 e. The molecule has 1 atom stereocenters. The van der Waals surface area contributed by atoms with Gasteiger partial charge in [0.2, 0.25) is 5.91 Å². The normalized spacial score (nSPS) is 21.2. The summed E-state index contributed by atoms with van der Waals surface area (Å²) < 4.78 is 5.49. The molecule has 1 aliphatic rings. The first-order chi connectivity index (χ1) is 10.2. The highest BCUT2D eigenvalue weighted by Gasteiger charge is 2.39. The monoisotopic (exact) mass is 290 g/mol. The van der Waals surface area contributed by atoms with Crippen LogP contribution in [-0.2, 0) is 11.3 Å². The van der Waals surface area contributed by atoms with Gasteiger partial charge in [-0.05, 0) is 50.4 Å². The Kier molecular flexibility index (Phi) is 5.62. The van der Waals surface area contributed by atoms with Crippen molar-refractivity contribution in [2.45, 2.75) is 51.6 Å². The molecule has 1 aromatic carbocycles. The zero-order valence-electron chi connectivity index (χ0n) is 13.1. The Morgan fingerprint density at radius 1 is 1.43 bits per heavy atom. The van der Waals surface area contributed by atoms with Crippen molar-refractivity contribution >= 4 is 5.91 Å². The number of benzene rings is 1. The summed E-state index contributed by atoms with van der Waals surface area (Å²) in [6.45, 7) is 6.23. The van der Waals surface area contributed by atoms with E-state index in [1.165, 1.54) is 0 Å². The number of carbonyl (C=O) groups excluding carboxylic acids is 1. The topological polar surface area (TPSA) is 50.4 Å². The molecular weight excluding hydrogens is 264 g/mol. The highest BCUT2D eigenvalue weighted by Crippen LogP contribution is 2.25. The average Bonchev–Trinajstić information content (AvgIpc) is 2.96. The van der Waals surface area contributed by atoms with Gasteiger partial charge < -0.3 is 15.4 Å². The van der Waals surface area contributed by atoms with Crippen molar-refractivity contribution in [2.75, 3.05) is 13.2 Å². The molecule has 1 heterocycles. The van der Waals surface area contributed by atoms with Crippen LogP contribution in [0.1, 0.15) is 45.1 Å². The van der Waals surface area contributed by atoms with Gasteiger partial charge in [0.05, 0.1) is 12.1 Å². The van der Waals surface area contributed by atoms with Gasteiger partial charge >= 0.3 is 0 Å². The molecule has 4 nitrogen and oxygen atoms in total. The molecule has 0 saturated carbocycles. The lowest BCUT2D eigenvalue weighted by Gasteiger charge is -2.27. The third-order valence-corrected chi connectivity index (χ3v) is 4.02. The standard InChI is InChI=1S/C17H26N2O2/c1-3-9-17(10-6-11-19-17)16(20)18-13-14-7-5-8-15(12-14)21-4-2/h5,7-8,12,19H,3-4,6,9-11,13H2,1-2H3,(H,18,20). The van der Waals surface area contributed by atoms with Crippen molar-refractivity contribution in [1.82, 2.24) is 10.6 Å². The molecule has 21 heavy (non-hydrogen) atoms. The summed E-state index contributed by atoms with van der Waals surface area (Å²) in [7, 11) is 0. The maximum atomic E-state index is 12.5. The second-order valence-corrected chi connectivity index (χ2v) is 5.63. The van der Waals surface area contributed by atoms with Crippen LogP contribution in [0.15, 0.2) is 24.3 Å². The van der Waals surface area contributed by atoms with E-state index in [0.717, 1.165) is 43.5 Å². The van der Waals surface area contributed by atoms with Crippen molar-refractivity contribution in [3.63, 3.8) is 0 Å². The van der Waals surface area contributed by atoms with Gasteiger partial charge in [-0.25, -0.2) is 0 Å². The van der Waals surface area contributed by atoms with Gasteiger partial charge in [-0.2, -0.15) is 0 Å². The van der Waals surface area contributed by atoms with Gasteiger partial charge in [0.15, 0.2) is 0 Å². The largest absolute Gasteiger partial charge is 0.494 e. The van der Waals surface area contributed by atoms with Crippen molar-refractivity contribution < 1.29 is 9.53 Å². The van der Waals surface area contributed by atoms with Gasteiger partial charge in [0.1, 0.15) is 5.75 Å². The van der Waals surface area contributed by atoms with Crippen molar-refractivity contribution in [3.05, 3.63) is 29.8 Å². The lowest BCUT2D eigenvalue weighted by atomic mass is 9.91. The number of hydrogen-bond acceptors (Lipinski definition) is 3. The average molecular weight is 290 g/mol. The minimum atomic E-state index is -0.355. The third-order valence-electron chi connectivity index (χ3n) is 4.02. The van der Waals surface area contributed by atoms with Gasteiger partial charge in [0.25, 0.3) is 0 Å². The van der Waals surface area contributed by atoms with Crippen LogP contribution in [0.5, 0.6) is 5.75 Å². The quantitative estimate of drug-likeness (QED) is 0.811. The molecule has 1 aliphatic heterocycles. The molecular formula is C17H26N2O2. The first kappa shape index (κ1) is 15.8. The van der Waals surface area contributed by atoms with E-state index < -0.39 is 0 Å². The summed E-state index contributed by atoms with van der Waals surface area (Å²) in [5.74, 6) is 0.982. The molecule has 116 valence electrons. The molecule has 4 heteroatoms. The van der Waals surface area contributed by atoms with Crippen LogP contribution in [-0.4, -0.2) is 24.6 Å². The van der Waals surface area contributed by atoms with E-state index in [-0.39, 0.29) is 11.4 Å². The second kappa shape index (κ2) is 7.46. The van der Waals surface area contributed by atoms with E-state index >= 15 is 0 Å². The van der Waals surface area contributed by atoms with Gasteiger partial charge in [0, 0.05) is 6.54 Å². The SMILES string of the molecule is CCCC1(C(=O)NCc2cccc(OCC)c2)CCCN1. The molecule has 0 bridgehead atoms. The minimum Gasteiger partial charge on any atom is -0.494 e. The number of hydrogen-bond donors (Lipinski definition) is 2. The highest BCUT2D eigenvalue weighted by atomic mass is 16.5. The second-order valence-electron chi connectivity index (χ2n) is 5.63. The van der Waals surface area contributed by atoms with Gasteiger partial charge in [-0.3, -0.25) is 4.79 Å². The Morgan fingerprint density at radius 3 is 2.95 bits per heavy atom. The van der Waals surface area contributed by atoms with E-state index in [0.29, 0.717) is 13.2 Å². The van der Waals surface area contributed by atoms with Crippen LogP contribution in [0.2, 0.25) is 0 Å². The first-order valence-corrected chi connectivity index (χ1v) is 7.95. The molecule has 2 rings (SSSR count). The Labute approximate surface area is 127 Å². The summed E-state index contributed by atoms with van der Waals surface area (Å²) in [4.78, 5) is 12.5. The lowest BCUT2D eigenvalue weighted by Crippen LogP contribution is -2.53. The Hall–Kier alpha value is -1.55. The summed E-state index contributed by atoms with van der Waals surface area (Å²) in [5.41, 5.74) is 0.714. The van der Waals surface area contributed by atoms with Crippen LogP contribution in [0, 0.1) is 0 Å². The van der Waals surface area contributed by atoms with Crippen LogP contribution in [0.3, 0.4) is 0 Å². The lowest BCUT2D eigenvalue weighted by molar-refractivity contribution is -0.127. The predicted molar refractivity (Wildman–Crippen MR) is 84.3 cm³/mol. The Balaban J connectivity index is 1.95. The Morgan fingerprint density at radius 2 is 2.29 bits per heavy atom. The van der Waals surface area contributed by atoms with Crippen LogP contribution >= 0.6 is 0 Å². The van der Waals surface area contributed by atoms with Crippen LogP contribution in [0.25, 0.3) is 0 Å². The van der Waals surface area contributed by atoms with E-state index in [2.05, 4.69) is 17.6 Å². The molecule has 0 spiro atoms. The molecule has 1 fully saturated rings. The summed E-state index contributed by atoms with van der Waals surface area (Å²) in [6, 6.07) is 7.89. The van der Waals surface area contributed by atoms with Gasteiger partial charge in [-0.1, -0.05) is 25.5 Å². The summed E-state index contributed by atoms with van der Waals surface area (Å²) in [5, 5.41) is 6.48. The van der Waals surface area contributed by atoms with Gasteiger partial charge in [-0.15, -0.1) is 0 Å². The number of rotatable bonds is 7. The molecule has 0 aliphatic carbocycles. The zero-order chi connectivity index (χ0) is 15.1. The van der Waals surface area contributed by atoms with Crippen molar-refractivity contribution in [2.24, 2.45) is 0 Å². The van der Waals surface area contributed by atoms with E-state index in [9.17, 15) is 4.79 Å². The molecule has 1 unspecified atom stereocenters. The number of carbonyl (C=O) groups is 1. The van der Waals surface area contributed by atoms with Crippen molar-refractivity contribution in [1.29, 1.82) is 0 Å². The molecule has 1 aromatic rings. The fourth-order valence-electron chi connectivity index (χ4n) is 3.02. The third kappa shape index (κ3) is 3.97. The molecule has 1 amide bonds. The molecule has 2 N–H and O–H groups in total.